The van der Waals surface area contributed by atoms with E-state index in [1.165, 1.54) is 16.4 Å². The molecule has 1 aliphatic rings. The number of benzene rings is 1. The quantitative estimate of drug-likeness (QED) is 0.854. The highest BCUT2D eigenvalue weighted by molar-refractivity contribution is 7.90. The molecule has 1 heterocycles. The number of hydrogen-bond donors (Lipinski definition) is 1. The summed E-state index contributed by atoms with van der Waals surface area (Å²) < 4.78 is 52.4. The Hall–Kier alpha value is -0.960. The van der Waals surface area contributed by atoms with Gasteiger partial charge in [0.15, 0.2) is 9.84 Å². The first-order valence-electron chi connectivity index (χ1n) is 8.06. The number of sulfone groups is 1. The van der Waals surface area contributed by atoms with Gasteiger partial charge in [-0.2, -0.15) is 17.4 Å². The van der Waals surface area contributed by atoms with Crippen LogP contribution in [0.5, 0.6) is 0 Å². The molecule has 0 amide bonds. The molecule has 136 valence electrons. The molecule has 1 aromatic rings. The lowest BCUT2D eigenvalue weighted by molar-refractivity contribution is 0.220. The Balaban J connectivity index is 2.11. The molecule has 0 bridgehead atoms. The van der Waals surface area contributed by atoms with Crippen LogP contribution in [-0.4, -0.2) is 40.5 Å². The molecule has 2 rings (SSSR count). The van der Waals surface area contributed by atoms with Crippen LogP contribution in [0.1, 0.15) is 38.8 Å². The van der Waals surface area contributed by atoms with Gasteiger partial charge in [0.05, 0.1) is 4.90 Å². The second-order valence-electron chi connectivity index (χ2n) is 6.95. The lowest BCUT2D eigenvalue weighted by atomic mass is 9.94. The van der Waals surface area contributed by atoms with Crippen LogP contribution < -0.4 is 4.72 Å². The summed E-state index contributed by atoms with van der Waals surface area (Å²) in [5.74, 6) is 0.685. The molecule has 0 saturated carbocycles. The molecule has 3 unspecified atom stereocenters. The fraction of sp³-hybridized carbons (Fsp3) is 0.625. The van der Waals surface area contributed by atoms with Crippen molar-refractivity contribution in [2.24, 2.45) is 11.8 Å². The van der Waals surface area contributed by atoms with E-state index < -0.39 is 26.1 Å². The monoisotopic (exact) mass is 374 g/mol. The van der Waals surface area contributed by atoms with Crippen molar-refractivity contribution in [3.63, 3.8) is 0 Å². The summed E-state index contributed by atoms with van der Waals surface area (Å²) in [6, 6.07) is 5.85. The summed E-state index contributed by atoms with van der Waals surface area (Å²) in [7, 11) is -6.83. The Morgan fingerprint density at radius 2 is 1.54 bits per heavy atom. The molecule has 1 aromatic carbocycles. The van der Waals surface area contributed by atoms with Gasteiger partial charge in [-0.3, -0.25) is 0 Å². The molecule has 8 heteroatoms. The summed E-state index contributed by atoms with van der Waals surface area (Å²) >= 11 is 0. The van der Waals surface area contributed by atoms with Gasteiger partial charge in [0.25, 0.3) is 10.2 Å². The summed E-state index contributed by atoms with van der Waals surface area (Å²) in [6.07, 6.45) is 2.18. The van der Waals surface area contributed by atoms with Gasteiger partial charge < -0.3 is 0 Å². The minimum absolute atomic E-state index is 0.222. The highest BCUT2D eigenvalue weighted by Gasteiger charge is 2.31. The first-order valence-corrected chi connectivity index (χ1v) is 11.4. The summed E-state index contributed by atoms with van der Waals surface area (Å²) in [5.41, 5.74) is 0.726. The van der Waals surface area contributed by atoms with Crippen LogP contribution in [0.3, 0.4) is 0 Å². The van der Waals surface area contributed by atoms with Gasteiger partial charge >= 0.3 is 0 Å². The average Bonchev–Trinajstić information content (AvgIpc) is 2.45. The van der Waals surface area contributed by atoms with Crippen LogP contribution in [0.4, 0.5) is 0 Å². The van der Waals surface area contributed by atoms with Gasteiger partial charge in [0.2, 0.25) is 0 Å². The van der Waals surface area contributed by atoms with E-state index in [1.807, 2.05) is 0 Å². The first kappa shape index (κ1) is 19.4. The third-order valence-electron chi connectivity index (χ3n) is 4.31. The lowest BCUT2D eigenvalue weighted by Gasteiger charge is -2.34. The Morgan fingerprint density at radius 3 is 2.00 bits per heavy atom. The normalized spacial score (nSPS) is 24.7. The van der Waals surface area contributed by atoms with Crippen molar-refractivity contribution in [1.29, 1.82) is 0 Å². The van der Waals surface area contributed by atoms with Gasteiger partial charge in [-0.25, -0.2) is 8.42 Å². The topological polar surface area (TPSA) is 83.6 Å². The van der Waals surface area contributed by atoms with Crippen LogP contribution >= 0.6 is 0 Å². The standard InChI is InChI=1S/C16H26N2O4S2/c1-12-9-13(2)11-18(10-12)24(21,22)17-14(3)15-5-7-16(8-6-15)23(4,19)20/h5-8,12-14,17H,9-11H2,1-4H3. The maximum Gasteiger partial charge on any atom is 0.280 e. The predicted molar refractivity (Wildman–Crippen MR) is 94.5 cm³/mol. The van der Waals surface area contributed by atoms with Crippen molar-refractivity contribution in [3.05, 3.63) is 29.8 Å². The number of nitrogens with zero attached hydrogens (tertiary/aromatic N) is 1. The molecule has 1 aliphatic heterocycles. The van der Waals surface area contributed by atoms with Crippen LogP contribution in [0, 0.1) is 11.8 Å². The molecule has 0 radical (unpaired) electrons. The lowest BCUT2D eigenvalue weighted by Crippen LogP contribution is -2.48. The fourth-order valence-electron chi connectivity index (χ4n) is 3.17. The van der Waals surface area contributed by atoms with Crippen molar-refractivity contribution < 1.29 is 16.8 Å². The van der Waals surface area contributed by atoms with Gasteiger partial charge in [-0.1, -0.05) is 26.0 Å². The Kier molecular flexibility index (Phi) is 5.74. The van der Waals surface area contributed by atoms with E-state index in [2.05, 4.69) is 18.6 Å². The Bertz CT molecular complexity index is 763. The van der Waals surface area contributed by atoms with Crippen molar-refractivity contribution in [1.82, 2.24) is 9.03 Å². The van der Waals surface area contributed by atoms with Gasteiger partial charge in [-0.15, -0.1) is 0 Å². The molecule has 0 aromatic heterocycles. The van der Waals surface area contributed by atoms with E-state index >= 15 is 0 Å². The largest absolute Gasteiger partial charge is 0.280 e. The molecule has 1 N–H and O–H groups in total. The second-order valence-corrected chi connectivity index (χ2v) is 10.7. The van der Waals surface area contributed by atoms with Gasteiger partial charge in [0, 0.05) is 25.4 Å². The highest BCUT2D eigenvalue weighted by atomic mass is 32.2. The molecule has 3 atom stereocenters. The average molecular weight is 375 g/mol. The van der Waals surface area contributed by atoms with Crippen LogP contribution in [0.25, 0.3) is 0 Å². The third kappa shape index (κ3) is 4.78. The molecule has 24 heavy (non-hydrogen) atoms. The van der Waals surface area contributed by atoms with Crippen LogP contribution in [-0.2, 0) is 20.0 Å². The number of hydrogen-bond acceptors (Lipinski definition) is 4. The smallest absolute Gasteiger partial charge is 0.224 e. The number of piperidine rings is 1. The van der Waals surface area contributed by atoms with E-state index in [0.717, 1.165) is 18.2 Å². The van der Waals surface area contributed by atoms with Crippen LogP contribution in [0.15, 0.2) is 29.2 Å². The minimum Gasteiger partial charge on any atom is -0.224 e. The van der Waals surface area contributed by atoms with Crippen molar-refractivity contribution >= 4 is 20.0 Å². The molecule has 1 fully saturated rings. The third-order valence-corrected chi connectivity index (χ3v) is 7.07. The summed E-state index contributed by atoms with van der Waals surface area (Å²) in [4.78, 5) is 0.222. The number of nitrogens with one attached hydrogen (secondary N) is 1. The molecule has 0 spiro atoms. The molecule has 6 nitrogen and oxygen atoms in total. The predicted octanol–water partition coefficient (Wildman–Crippen LogP) is 1.96. The molecular formula is C16H26N2O4S2. The van der Waals surface area contributed by atoms with E-state index in [-0.39, 0.29) is 4.90 Å². The van der Waals surface area contributed by atoms with E-state index in [1.54, 1.807) is 19.1 Å². The van der Waals surface area contributed by atoms with Gasteiger partial charge in [0.1, 0.15) is 0 Å². The van der Waals surface area contributed by atoms with Crippen molar-refractivity contribution in [2.75, 3.05) is 19.3 Å². The minimum atomic E-state index is -3.57. The highest BCUT2D eigenvalue weighted by Crippen LogP contribution is 2.24. The summed E-state index contributed by atoms with van der Waals surface area (Å²) in [6.45, 7) is 6.93. The Labute approximate surface area is 145 Å². The molecule has 0 aliphatic carbocycles. The van der Waals surface area contributed by atoms with Gasteiger partial charge in [-0.05, 0) is 42.9 Å². The maximum atomic E-state index is 12.6. The zero-order valence-corrected chi connectivity index (χ0v) is 16.2. The Morgan fingerprint density at radius 1 is 1.04 bits per heavy atom. The molecule has 1 saturated heterocycles. The number of rotatable bonds is 5. The van der Waals surface area contributed by atoms with E-state index in [9.17, 15) is 16.8 Å². The SMILES string of the molecule is CC1CC(C)CN(S(=O)(=O)NC(C)c2ccc(S(C)(=O)=O)cc2)C1. The first-order chi connectivity index (χ1) is 11.0. The second kappa shape index (κ2) is 7.11. The zero-order chi connectivity index (χ0) is 18.1. The molecular weight excluding hydrogens is 348 g/mol. The van der Waals surface area contributed by atoms with Crippen LogP contribution in [0.2, 0.25) is 0 Å². The van der Waals surface area contributed by atoms with E-state index in [4.69, 9.17) is 0 Å². The zero-order valence-electron chi connectivity index (χ0n) is 14.6. The summed E-state index contributed by atoms with van der Waals surface area (Å²) in [5, 5.41) is 0. The maximum absolute atomic E-state index is 12.6. The fourth-order valence-corrected chi connectivity index (χ4v) is 5.44. The van der Waals surface area contributed by atoms with Crippen molar-refractivity contribution in [3.8, 4) is 0 Å². The van der Waals surface area contributed by atoms with Crippen molar-refractivity contribution in [2.45, 2.75) is 38.1 Å². The van der Waals surface area contributed by atoms with E-state index in [0.29, 0.717) is 24.9 Å².